The summed E-state index contributed by atoms with van der Waals surface area (Å²) in [7, 11) is 1.38. The van der Waals surface area contributed by atoms with Crippen molar-refractivity contribution >= 4 is 22.7 Å². The summed E-state index contributed by atoms with van der Waals surface area (Å²) < 4.78 is 40.5. The average molecular weight is 518 g/mol. The Morgan fingerprint density at radius 2 is 1.54 bits per heavy atom. The molecule has 37 heavy (non-hydrogen) atoms. The Hall–Kier alpha value is -4.08. The molecule has 1 aromatic heterocycles. The van der Waals surface area contributed by atoms with E-state index in [0.29, 0.717) is 35.7 Å². The van der Waals surface area contributed by atoms with Gasteiger partial charge in [-0.15, -0.1) is 0 Å². The highest BCUT2D eigenvalue weighted by Crippen LogP contribution is 2.33. The Morgan fingerprint density at radius 1 is 0.919 bits per heavy atom. The van der Waals surface area contributed by atoms with Crippen molar-refractivity contribution in [1.82, 2.24) is 4.57 Å². The molecule has 1 fully saturated rings. The van der Waals surface area contributed by atoms with Crippen LogP contribution in [0.3, 0.4) is 0 Å². The van der Waals surface area contributed by atoms with E-state index in [2.05, 4.69) is 4.90 Å². The first-order valence-electron chi connectivity index (χ1n) is 11.7. The molecule has 0 amide bonds. The number of ether oxygens (including phenoxy) is 3. The van der Waals surface area contributed by atoms with Crippen LogP contribution in [-0.2, 0) is 21.6 Å². The van der Waals surface area contributed by atoms with Crippen LogP contribution >= 0.6 is 0 Å². The van der Waals surface area contributed by atoms with Crippen LogP contribution in [0.25, 0.3) is 5.69 Å². The van der Waals surface area contributed by atoms with Crippen LogP contribution in [0.5, 0.6) is 17.2 Å². The summed E-state index contributed by atoms with van der Waals surface area (Å²) in [6.07, 6.45) is 3.82. The minimum absolute atomic E-state index is 0.00479. The summed E-state index contributed by atoms with van der Waals surface area (Å²) in [4.78, 5) is 14.6. The van der Waals surface area contributed by atoms with Gasteiger partial charge in [0.15, 0.2) is 0 Å². The van der Waals surface area contributed by atoms with E-state index in [1.807, 2.05) is 65.5 Å². The molecule has 0 aliphatic carbocycles. The lowest BCUT2D eigenvalue weighted by molar-refractivity contribution is 0.0600. The lowest BCUT2D eigenvalue weighted by Crippen LogP contribution is -2.54. The van der Waals surface area contributed by atoms with Gasteiger partial charge in [0.05, 0.1) is 37.1 Å². The van der Waals surface area contributed by atoms with Crippen LogP contribution < -0.4 is 14.4 Å². The minimum Gasteiger partial charge on any atom is -0.772 e. The van der Waals surface area contributed by atoms with Gasteiger partial charge in [-0.25, -0.2) is 4.79 Å². The van der Waals surface area contributed by atoms with Crippen molar-refractivity contribution < 1.29 is 27.8 Å². The first kappa shape index (κ1) is 24.6. The summed E-state index contributed by atoms with van der Waals surface area (Å²) in [5, 5.41) is 0. The van der Waals surface area contributed by atoms with Gasteiger partial charge in [-0.05, 0) is 66.2 Å². The van der Waals surface area contributed by atoms with Gasteiger partial charge in [0, 0.05) is 18.1 Å². The molecule has 1 atom stereocenters. The molecule has 1 aliphatic heterocycles. The summed E-state index contributed by atoms with van der Waals surface area (Å²) in [5.74, 6) is 1.61. The Kier molecular flexibility index (Phi) is 7.25. The van der Waals surface area contributed by atoms with Crippen molar-refractivity contribution in [2.75, 3.05) is 25.1 Å². The molecule has 8 nitrogen and oxygen atoms in total. The van der Waals surface area contributed by atoms with E-state index in [0.717, 1.165) is 17.1 Å². The number of hydrogen-bond donors (Lipinski definition) is 0. The first-order chi connectivity index (χ1) is 18.0. The Morgan fingerprint density at radius 3 is 2.16 bits per heavy atom. The van der Waals surface area contributed by atoms with Crippen molar-refractivity contribution in [3.63, 3.8) is 0 Å². The molecule has 190 valence electrons. The summed E-state index contributed by atoms with van der Waals surface area (Å²) in [6.45, 7) is 1.36. The highest BCUT2D eigenvalue weighted by molar-refractivity contribution is 7.78. The van der Waals surface area contributed by atoms with Gasteiger partial charge < -0.3 is 28.2 Å². The fourth-order valence-electron chi connectivity index (χ4n) is 4.23. The van der Waals surface area contributed by atoms with Gasteiger partial charge in [-0.3, -0.25) is 4.21 Å². The fourth-order valence-corrected chi connectivity index (χ4v) is 4.69. The molecule has 0 bridgehead atoms. The third kappa shape index (κ3) is 5.68. The predicted octanol–water partition coefficient (Wildman–Crippen LogP) is 4.70. The predicted molar refractivity (Wildman–Crippen MR) is 139 cm³/mol. The summed E-state index contributed by atoms with van der Waals surface area (Å²) in [6, 6.07) is 23.8. The molecule has 0 radical (unpaired) electrons. The number of benzene rings is 3. The molecule has 0 spiro atoms. The number of nitrogens with zero attached hydrogens (tertiary/aromatic N) is 2. The molecule has 1 aliphatic rings. The van der Waals surface area contributed by atoms with Gasteiger partial charge in [-0.1, -0.05) is 29.3 Å². The lowest BCUT2D eigenvalue weighted by atomic mass is 10.1. The maximum atomic E-state index is 12.4. The van der Waals surface area contributed by atoms with E-state index in [9.17, 15) is 13.6 Å². The molecule has 1 unspecified atom stereocenters. The maximum Gasteiger partial charge on any atom is 0.340 e. The smallest absolute Gasteiger partial charge is 0.340 e. The van der Waals surface area contributed by atoms with Gasteiger partial charge in [0.2, 0.25) is 0 Å². The largest absolute Gasteiger partial charge is 0.772 e. The Bertz CT molecular complexity index is 1380. The monoisotopic (exact) mass is 517 g/mol. The van der Waals surface area contributed by atoms with Gasteiger partial charge >= 0.3 is 5.97 Å². The van der Waals surface area contributed by atoms with Crippen molar-refractivity contribution in [2.24, 2.45) is 0 Å². The standard InChI is InChI=1S/C28H26N2O6S/c1-34-28(31)25-5-4-6-26(27(25)29-15-2-3-16-29)30-17-24(18-30)36-23-13-11-22(12-14-23)35-21-9-7-20(8-10-21)19-37(32)33/h2-16,24H,17-19H2,1H3,(H,32,33)/p-1. The van der Waals surface area contributed by atoms with E-state index in [1.165, 1.54) is 7.11 Å². The van der Waals surface area contributed by atoms with Gasteiger partial charge in [0.1, 0.15) is 23.4 Å². The van der Waals surface area contributed by atoms with Crippen molar-refractivity contribution in [3.8, 4) is 22.9 Å². The number of rotatable bonds is 9. The lowest BCUT2D eigenvalue weighted by Gasteiger charge is -2.41. The number of anilines is 1. The van der Waals surface area contributed by atoms with E-state index in [-0.39, 0.29) is 17.8 Å². The number of carbonyl (C=O) groups is 1. The molecule has 5 rings (SSSR count). The molecule has 0 N–H and O–H groups in total. The maximum absolute atomic E-state index is 12.4. The molecule has 1 saturated heterocycles. The van der Waals surface area contributed by atoms with Crippen molar-refractivity contribution in [1.29, 1.82) is 0 Å². The number of para-hydroxylation sites is 1. The minimum atomic E-state index is -2.12. The number of esters is 1. The van der Waals surface area contributed by atoms with Crippen LogP contribution in [0.1, 0.15) is 15.9 Å². The Labute approximate surface area is 217 Å². The third-order valence-electron chi connectivity index (χ3n) is 6.04. The molecule has 2 heterocycles. The van der Waals surface area contributed by atoms with Crippen LogP contribution in [0, 0.1) is 0 Å². The van der Waals surface area contributed by atoms with E-state index in [1.54, 1.807) is 30.3 Å². The first-order valence-corrected chi connectivity index (χ1v) is 12.9. The second-order valence-electron chi connectivity index (χ2n) is 8.57. The second-order valence-corrected chi connectivity index (χ2v) is 9.46. The van der Waals surface area contributed by atoms with Crippen LogP contribution in [0.15, 0.2) is 91.3 Å². The van der Waals surface area contributed by atoms with E-state index >= 15 is 0 Å². The zero-order valence-corrected chi connectivity index (χ0v) is 20.9. The van der Waals surface area contributed by atoms with Crippen LogP contribution in [-0.4, -0.2) is 45.6 Å². The Balaban J connectivity index is 1.21. The van der Waals surface area contributed by atoms with Crippen molar-refractivity contribution in [3.05, 3.63) is 102 Å². The van der Waals surface area contributed by atoms with E-state index in [4.69, 9.17) is 14.2 Å². The van der Waals surface area contributed by atoms with Gasteiger partial charge in [-0.2, -0.15) is 0 Å². The molecule has 4 aromatic rings. The fraction of sp³-hybridized carbons (Fsp3) is 0.179. The molecule has 3 aromatic carbocycles. The van der Waals surface area contributed by atoms with Crippen LogP contribution in [0.2, 0.25) is 0 Å². The summed E-state index contributed by atoms with van der Waals surface area (Å²) >= 11 is -2.12. The van der Waals surface area contributed by atoms with Gasteiger partial charge in [0.25, 0.3) is 0 Å². The second kappa shape index (κ2) is 10.9. The zero-order chi connectivity index (χ0) is 25.8. The summed E-state index contributed by atoms with van der Waals surface area (Å²) in [5.41, 5.74) is 2.94. The number of aromatic nitrogens is 1. The SMILES string of the molecule is COC(=O)c1cccc(N2CC(Oc3ccc(Oc4ccc(CS(=O)[O-])cc4)cc3)C2)c1-n1cccc1. The molecular formula is C28H25N2O6S-. The normalized spacial score (nSPS) is 14.1. The topological polar surface area (TPSA) is 93.1 Å². The number of methoxy groups -OCH3 is 1. The van der Waals surface area contributed by atoms with Crippen LogP contribution in [0.4, 0.5) is 5.69 Å². The number of hydrogen-bond acceptors (Lipinski definition) is 7. The highest BCUT2D eigenvalue weighted by atomic mass is 32.2. The molecule has 0 saturated carbocycles. The third-order valence-corrected chi connectivity index (χ3v) is 6.61. The zero-order valence-electron chi connectivity index (χ0n) is 20.1. The average Bonchev–Trinajstić information content (AvgIpc) is 3.41. The van der Waals surface area contributed by atoms with Crippen molar-refractivity contribution in [2.45, 2.75) is 11.9 Å². The van der Waals surface area contributed by atoms with E-state index < -0.39 is 11.1 Å². The highest BCUT2D eigenvalue weighted by Gasteiger charge is 2.32. The molecule has 9 heteroatoms. The quantitative estimate of drug-likeness (QED) is 0.235. The molecular weight excluding hydrogens is 492 g/mol. The number of carbonyl (C=O) groups excluding carboxylic acids is 1.